The summed E-state index contributed by atoms with van der Waals surface area (Å²) in [7, 11) is 0. The van der Waals surface area contributed by atoms with Crippen molar-refractivity contribution in [2.75, 3.05) is 11.4 Å². The summed E-state index contributed by atoms with van der Waals surface area (Å²) in [6, 6.07) is 9.23. The van der Waals surface area contributed by atoms with E-state index in [1.165, 1.54) is 0 Å². The Balaban J connectivity index is 1.71. The van der Waals surface area contributed by atoms with Gasteiger partial charge in [0.05, 0.1) is 11.7 Å². The number of hydrogen-bond acceptors (Lipinski definition) is 4. The van der Waals surface area contributed by atoms with Crippen LogP contribution in [0.25, 0.3) is 0 Å². The molecule has 6 heteroatoms. The highest BCUT2D eigenvalue weighted by molar-refractivity contribution is 5.99. The maximum absolute atomic E-state index is 12.3. The fourth-order valence-electron chi connectivity index (χ4n) is 2.73. The van der Waals surface area contributed by atoms with Crippen molar-refractivity contribution in [3.63, 3.8) is 0 Å². The fraction of sp³-hybridized carbons (Fsp3) is 0.312. The second-order valence-electron chi connectivity index (χ2n) is 5.41. The van der Waals surface area contributed by atoms with Gasteiger partial charge in [-0.25, -0.2) is 0 Å². The van der Waals surface area contributed by atoms with Gasteiger partial charge in [-0.2, -0.15) is 0 Å². The van der Waals surface area contributed by atoms with Gasteiger partial charge in [0.1, 0.15) is 11.3 Å². The number of nitrogens with zero attached hydrogens (tertiary/aromatic N) is 2. The fourth-order valence-corrected chi connectivity index (χ4v) is 2.73. The molecule has 1 atom stereocenters. The van der Waals surface area contributed by atoms with Gasteiger partial charge < -0.3 is 14.7 Å². The molecular formula is C16H17N3O3. The van der Waals surface area contributed by atoms with Gasteiger partial charge in [-0.05, 0) is 26.0 Å². The standard InChI is InChI=1S/C16H17N3O3/c1-10-15(11(2)22-18-10)16(21)17-12-8-14(20)19(9-12)13-6-4-3-5-7-13/h3-7,12H,8-9H2,1-2H3,(H,17,21)/t12-/m0/s1. The van der Waals surface area contributed by atoms with E-state index in [1.807, 2.05) is 30.3 Å². The highest BCUT2D eigenvalue weighted by atomic mass is 16.5. The minimum absolute atomic E-state index is 0.00950. The third-order valence-corrected chi connectivity index (χ3v) is 3.79. The minimum Gasteiger partial charge on any atom is -0.361 e. The molecule has 1 aliphatic heterocycles. The van der Waals surface area contributed by atoms with Crippen molar-refractivity contribution in [1.29, 1.82) is 0 Å². The maximum atomic E-state index is 12.3. The Morgan fingerprint density at radius 2 is 2.05 bits per heavy atom. The van der Waals surface area contributed by atoms with Crippen molar-refractivity contribution >= 4 is 17.5 Å². The first-order valence-corrected chi connectivity index (χ1v) is 7.15. The SMILES string of the molecule is Cc1noc(C)c1C(=O)N[C@H]1CC(=O)N(c2ccccc2)C1. The summed E-state index contributed by atoms with van der Waals surface area (Å²) < 4.78 is 5.00. The van der Waals surface area contributed by atoms with Crippen molar-refractivity contribution in [2.45, 2.75) is 26.3 Å². The van der Waals surface area contributed by atoms with Crippen molar-refractivity contribution in [2.24, 2.45) is 0 Å². The summed E-state index contributed by atoms with van der Waals surface area (Å²) in [6.07, 6.45) is 0.296. The molecule has 2 aromatic rings. The summed E-state index contributed by atoms with van der Waals surface area (Å²) in [5, 5.41) is 6.67. The van der Waals surface area contributed by atoms with E-state index in [0.29, 0.717) is 30.0 Å². The first-order valence-electron chi connectivity index (χ1n) is 7.15. The molecular weight excluding hydrogens is 282 g/mol. The van der Waals surface area contributed by atoms with Gasteiger partial charge in [0, 0.05) is 18.7 Å². The second-order valence-corrected chi connectivity index (χ2v) is 5.41. The zero-order valence-corrected chi connectivity index (χ0v) is 12.5. The Hall–Kier alpha value is -2.63. The van der Waals surface area contributed by atoms with Crippen LogP contribution in [0.2, 0.25) is 0 Å². The number of rotatable bonds is 3. The van der Waals surface area contributed by atoms with Crippen LogP contribution in [0.15, 0.2) is 34.9 Å². The van der Waals surface area contributed by atoms with Crippen molar-refractivity contribution in [3.05, 3.63) is 47.3 Å². The molecule has 114 valence electrons. The minimum atomic E-state index is -0.246. The Bertz CT molecular complexity index is 689. The number of nitrogens with one attached hydrogen (secondary N) is 1. The van der Waals surface area contributed by atoms with Crippen LogP contribution in [-0.2, 0) is 4.79 Å². The third kappa shape index (κ3) is 2.59. The second kappa shape index (κ2) is 5.63. The van der Waals surface area contributed by atoms with Crippen LogP contribution in [-0.4, -0.2) is 29.6 Å². The van der Waals surface area contributed by atoms with Gasteiger partial charge in [0.2, 0.25) is 5.91 Å². The summed E-state index contributed by atoms with van der Waals surface area (Å²) >= 11 is 0. The molecule has 2 amide bonds. The highest BCUT2D eigenvalue weighted by Crippen LogP contribution is 2.21. The number of aryl methyl sites for hydroxylation is 2. The monoisotopic (exact) mass is 299 g/mol. The van der Waals surface area contributed by atoms with Gasteiger partial charge in [0.25, 0.3) is 5.91 Å². The lowest BCUT2D eigenvalue weighted by molar-refractivity contribution is -0.117. The molecule has 2 heterocycles. The van der Waals surface area contributed by atoms with Crippen LogP contribution in [0, 0.1) is 13.8 Å². The van der Waals surface area contributed by atoms with Crippen LogP contribution >= 0.6 is 0 Å². The lowest BCUT2D eigenvalue weighted by Gasteiger charge is -2.17. The molecule has 1 saturated heterocycles. The first kappa shape index (κ1) is 14.3. The molecule has 1 N–H and O–H groups in total. The molecule has 1 aliphatic rings. The third-order valence-electron chi connectivity index (χ3n) is 3.79. The van der Waals surface area contributed by atoms with E-state index >= 15 is 0 Å². The van der Waals surface area contributed by atoms with Crippen LogP contribution in [0.1, 0.15) is 28.2 Å². The van der Waals surface area contributed by atoms with Crippen molar-refractivity contribution in [1.82, 2.24) is 10.5 Å². The Kier molecular flexibility index (Phi) is 3.66. The average Bonchev–Trinajstić information content (AvgIpc) is 3.02. The molecule has 1 aromatic carbocycles. The molecule has 1 fully saturated rings. The summed E-state index contributed by atoms with van der Waals surface area (Å²) in [5.74, 6) is 0.249. The molecule has 0 saturated carbocycles. The van der Waals surface area contributed by atoms with E-state index in [-0.39, 0.29) is 17.9 Å². The molecule has 0 aliphatic carbocycles. The molecule has 0 spiro atoms. The first-order chi connectivity index (χ1) is 10.6. The quantitative estimate of drug-likeness (QED) is 0.938. The summed E-state index contributed by atoms with van der Waals surface area (Å²) in [6.45, 7) is 3.89. The highest BCUT2D eigenvalue weighted by Gasteiger charge is 2.32. The number of carbonyl (C=O) groups excluding carboxylic acids is 2. The van der Waals surface area contributed by atoms with E-state index in [1.54, 1.807) is 18.7 Å². The Morgan fingerprint density at radius 3 is 2.68 bits per heavy atom. The van der Waals surface area contributed by atoms with Crippen LogP contribution in [0.5, 0.6) is 0 Å². The molecule has 22 heavy (non-hydrogen) atoms. The average molecular weight is 299 g/mol. The number of amides is 2. The molecule has 3 rings (SSSR count). The number of anilines is 1. The molecule has 0 radical (unpaired) electrons. The number of para-hydroxylation sites is 1. The van der Waals surface area contributed by atoms with Crippen LogP contribution < -0.4 is 10.2 Å². The van der Waals surface area contributed by atoms with Gasteiger partial charge in [-0.3, -0.25) is 9.59 Å². The predicted molar refractivity (Wildman–Crippen MR) is 80.6 cm³/mol. The van der Waals surface area contributed by atoms with E-state index in [4.69, 9.17) is 4.52 Å². The zero-order valence-electron chi connectivity index (χ0n) is 12.5. The maximum Gasteiger partial charge on any atom is 0.257 e. The molecule has 6 nitrogen and oxygen atoms in total. The normalized spacial score (nSPS) is 17.8. The van der Waals surface area contributed by atoms with Gasteiger partial charge >= 0.3 is 0 Å². The van der Waals surface area contributed by atoms with E-state index in [2.05, 4.69) is 10.5 Å². The smallest absolute Gasteiger partial charge is 0.257 e. The molecule has 0 unspecified atom stereocenters. The Labute approximate surface area is 128 Å². The molecule has 0 bridgehead atoms. The largest absolute Gasteiger partial charge is 0.361 e. The summed E-state index contributed by atoms with van der Waals surface area (Å²) in [5.41, 5.74) is 1.85. The van der Waals surface area contributed by atoms with Crippen molar-refractivity contribution < 1.29 is 14.1 Å². The number of carbonyl (C=O) groups is 2. The van der Waals surface area contributed by atoms with Gasteiger partial charge in [0.15, 0.2) is 0 Å². The van der Waals surface area contributed by atoms with E-state index in [9.17, 15) is 9.59 Å². The number of hydrogen-bond donors (Lipinski definition) is 1. The van der Waals surface area contributed by atoms with Gasteiger partial charge in [-0.1, -0.05) is 23.4 Å². The summed E-state index contributed by atoms with van der Waals surface area (Å²) in [4.78, 5) is 26.1. The van der Waals surface area contributed by atoms with Crippen LogP contribution in [0.4, 0.5) is 5.69 Å². The predicted octanol–water partition coefficient (Wildman–Crippen LogP) is 1.83. The van der Waals surface area contributed by atoms with Crippen molar-refractivity contribution in [3.8, 4) is 0 Å². The van der Waals surface area contributed by atoms with E-state index in [0.717, 1.165) is 5.69 Å². The van der Waals surface area contributed by atoms with Crippen LogP contribution in [0.3, 0.4) is 0 Å². The number of benzene rings is 1. The van der Waals surface area contributed by atoms with Gasteiger partial charge in [-0.15, -0.1) is 0 Å². The lowest BCUT2D eigenvalue weighted by Crippen LogP contribution is -2.37. The lowest BCUT2D eigenvalue weighted by atomic mass is 10.1. The Morgan fingerprint density at radius 1 is 1.32 bits per heavy atom. The topological polar surface area (TPSA) is 75.4 Å². The van der Waals surface area contributed by atoms with E-state index < -0.39 is 0 Å². The number of aromatic nitrogens is 1. The molecule has 1 aromatic heterocycles. The zero-order chi connectivity index (χ0) is 15.7.